The van der Waals surface area contributed by atoms with E-state index in [2.05, 4.69) is 118 Å². The van der Waals surface area contributed by atoms with Crippen molar-refractivity contribution in [3.05, 3.63) is 131 Å². The molecule has 1 aliphatic heterocycles. The first-order chi connectivity index (χ1) is 37.7. The average molecular weight is 1160 g/mol. The van der Waals surface area contributed by atoms with Crippen LogP contribution in [0.1, 0.15) is 155 Å². The Morgan fingerprint density at radius 1 is 0.650 bits per heavy atom. The van der Waals surface area contributed by atoms with Crippen LogP contribution >= 0.6 is 15.9 Å². The highest BCUT2D eigenvalue weighted by atomic mass is 79.9. The largest absolute Gasteiger partial charge is 0.495 e. The average Bonchev–Trinajstić information content (AvgIpc) is 4.29. The zero-order valence-electron chi connectivity index (χ0n) is 48.5. The first-order valence-electron chi connectivity index (χ1n) is 26.0. The lowest BCUT2D eigenvalue weighted by atomic mass is 9.76. The monoisotopic (exact) mass is 1160 g/mol. The van der Waals surface area contributed by atoms with Crippen LogP contribution in [0, 0.1) is 20.8 Å². The maximum absolute atomic E-state index is 12.9. The maximum Gasteiger partial charge on any atom is 0.495 e. The van der Waals surface area contributed by atoms with Gasteiger partial charge in [-0.15, -0.1) is 5.10 Å². The Labute approximate surface area is 475 Å². The third-order valence-corrected chi connectivity index (χ3v) is 13.6. The number of ether oxygens (including phenoxy) is 2. The molecule has 24 heteroatoms. The van der Waals surface area contributed by atoms with E-state index in [9.17, 15) is 14.4 Å². The van der Waals surface area contributed by atoms with E-state index in [0.29, 0.717) is 40.8 Å². The zero-order chi connectivity index (χ0) is 58.8. The quantitative estimate of drug-likeness (QED) is 0.0882. The van der Waals surface area contributed by atoms with E-state index in [1.165, 1.54) is 14.2 Å². The highest BCUT2D eigenvalue weighted by Crippen LogP contribution is 2.37. The highest BCUT2D eigenvalue weighted by Gasteiger charge is 2.52. The second-order valence-corrected chi connectivity index (χ2v) is 21.8. The molecule has 0 aliphatic carbocycles. The van der Waals surface area contributed by atoms with E-state index < -0.39 is 30.3 Å². The number of methoxy groups -OCH3 is 2. The van der Waals surface area contributed by atoms with Crippen LogP contribution in [-0.2, 0) is 18.8 Å². The standard InChI is InChI=1S/C22H25N9O.C14H20BNO4.C14H17N3O2.C6H9BrN2/c1-13(2)30-12-16(11-24-30)17-9-19(23-10-15(17)5)22(32)26-20-8-6-7-18(25-20)21-27-28-29-31(21)14(3)4;1-9-8-16-11(12(17)18-6)7-10(9)15-19-13(2,3)14(4,5)20-15;1-9(2)17-7-13(16-8-17)11-5-12(14(18)19-4)15-6-10(11)3;1-5(2)9-3-6(7)8-4-9/h6-14H,1-5H3,(H,25,26,32);7-8H,1-6H3;5-9H,1-4H3;3-5H,1-2H3. The highest BCUT2D eigenvalue weighted by molar-refractivity contribution is 9.10. The lowest BCUT2D eigenvalue weighted by Gasteiger charge is -2.32. The van der Waals surface area contributed by atoms with Crippen LogP contribution in [0.4, 0.5) is 5.82 Å². The number of amides is 1. The molecule has 0 saturated carbocycles. The van der Waals surface area contributed by atoms with Crippen LogP contribution in [-0.4, -0.2) is 119 Å². The Kier molecular flexibility index (Phi) is 20.3. The number of carbonyl (C=O) groups is 3. The van der Waals surface area contributed by atoms with Crippen molar-refractivity contribution in [1.29, 1.82) is 0 Å². The molecule has 0 unspecified atom stereocenters. The number of rotatable bonds is 12. The smallest absolute Gasteiger partial charge is 0.464 e. The van der Waals surface area contributed by atoms with E-state index in [-0.39, 0.29) is 23.7 Å². The van der Waals surface area contributed by atoms with Gasteiger partial charge in [0.1, 0.15) is 33.2 Å². The molecule has 0 aromatic carbocycles. The summed E-state index contributed by atoms with van der Waals surface area (Å²) >= 11 is 3.27. The predicted molar refractivity (Wildman–Crippen MR) is 308 cm³/mol. The van der Waals surface area contributed by atoms with Gasteiger partial charge in [0.25, 0.3) is 5.91 Å². The summed E-state index contributed by atoms with van der Waals surface area (Å²) in [4.78, 5) is 61.4. The van der Waals surface area contributed by atoms with E-state index in [4.69, 9.17) is 14.0 Å². The summed E-state index contributed by atoms with van der Waals surface area (Å²) in [7, 11) is 2.17. The minimum absolute atomic E-state index is 0.0790. The molecule has 0 spiro atoms. The number of esters is 2. The molecular formula is C56H71BBrN15O7. The number of nitrogens with zero attached hydrogens (tertiary/aromatic N) is 14. The molecule has 8 aromatic rings. The van der Waals surface area contributed by atoms with Crippen LogP contribution in [0.25, 0.3) is 33.9 Å². The van der Waals surface area contributed by atoms with Gasteiger partial charge in [-0.1, -0.05) is 6.07 Å². The topological polar surface area (TPSA) is 249 Å². The molecule has 0 atom stereocenters. The van der Waals surface area contributed by atoms with Crippen molar-refractivity contribution in [3.63, 3.8) is 0 Å². The molecule has 9 rings (SSSR count). The van der Waals surface area contributed by atoms with E-state index in [1.807, 2.05) is 101 Å². The van der Waals surface area contributed by atoms with Crippen molar-refractivity contribution in [2.24, 2.45) is 0 Å². The third kappa shape index (κ3) is 15.1. The second-order valence-electron chi connectivity index (χ2n) is 21.0. The van der Waals surface area contributed by atoms with Crippen molar-refractivity contribution < 1.29 is 33.2 Å². The molecule has 1 aliphatic rings. The fourth-order valence-corrected chi connectivity index (χ4v) is 7.91. The number of halogens is 1. The summed E-state index contributed by atoms with van der Waals surface area (Å²) in [5.41, 5.74) is 7.81. The number of carbonyl (C=O) groups excluding carboxylic acids is 3. The molecule has 1 fully saturated rings. The lowest BCUT2D eigenvalue weighted by molar-refractivity contribution is 0.00578. The van der Waals surface area contributed by atoms with Gasteiger partial charge in [0.2, 0.25) is 5.82 Å². The molecule has 0 radical (unpaired) electrons. The van der Waals surface area contributed by atoms with Crippen molar-refractivity contribution in [3.8, 4) is 33.9 Å². The van der Waals surface area contributed by atoms with Gasteiger partial charge in [0.05, 0.1) is 56.0 Å². The number of aromatic nitrogens is 14. The molecule has 0 bridgehead atoms. The summed E-state index contributed by atoms with van der Waals surface area (Å²) in [6, 6.07) is 11.7. The van der Waals surface area contributed by atoms with Crippen molar-refractivity contribution >= 4 is 52.2 Å². The molecule has 9 heterocycles. The van der Waals surface area contributed by atoms with Gasteiger partial charge < -0.3 is 33.2 Å². The van der Waals surface area contributed by atoms with Crippen LogP contribution in [0.5, 0.6) is 0 Å². The van der Waals surface area contributed by atoms with Gasteiger partial charge in [-0.2, -0.15) is 5.10 Å². The van der Waals surface area contributed by atoms with Crippen LogP contribution < -0.4 is 10.8 Å². The first-order valence-corrected chi connectivity index (χ1v) is 26.8. The van der Waals surface area contributed by atoms with Crippen molar-refractivity contribution in [1.82, 2.24) is 69.0 Å². The maximum atomic E-state index is 12.9. The lowest BCUT2D eigenvalue weighted by Crippen LogP contribution is -2.41. The van der Waals surface area contributed by atoms with Crippen LogP contribution in [0.3, 0.4) is 0 Å². The Hall–Kier alpha value is -7.83. The van der Waals surface area contributed by atoms with Gasteiger partial charge in [-0.05, 0) is 188 Å². The molecule has 1 amide bonds. The molecule has 1 N–H and O–H groups in total. The molecule has 22 nitrogen and oxygen atoms in total. The molecule has 422 valence electrons. The number of imidazole rings is 2. The van der Waals surface area contributed by atoms with E-state index in [1.54, 1.807) is 72.2 Å². The SMILES string of the molecule is CC(C)n1cnc(Br)c1.COC(=O)c1cc(-c2cn(C(C)C)cn2)c(C)cn1.COC(=O)c1cc(B2OC(C)(C)C(C)(C)O2)c(C)cn1.Cc1cnc(C(=O)Nc2cccc(-c3nnnn3C(C)C)n2)cc1-c1cnn(C(C)C)c1. The minimum Gasteiger partial charge on any atom is -0.464 e. The fraction of sp³-hybridized carbons (Fsp3) is 0.411. The molecule has 1 saturated heterocycles. The zero-order valence-corrected chi connectivity index (χ0v) is 50.1. The van der Waals surface area contributed by atoms with E-state index >= 15 is 0 Å². The predicted octanol–water partition coefficient (Wildman–Crippen LogP) is 10.0. The van der Waals surface area contributed by atoms with Crippen molar-refractivity contribution in [2.45, 2.75) is 139 Å². The summed E-state index contributed by atoms with van der Waals surface area (Å²) in [6.07, 6.45) is 16.3. The van der Waals surface area contributed by atoms with Gasteiger partial charge >= 0.3 is 19.1 Å². The normalized spacial score (nSPS) is 13.3. The summed E-state index contributed by atoms with van der Waals surface area (Å²) in [6.45, 7) is 30.3. The number of hydrogen-bond acceptors (Lipinski definition) is 17. The molecule has 8 aromatic heterocycles. The van der Waals surface area contributed by atoms with Crippen LogP contribution in [0.2, 0.25) is 0 Å². The number of anilines is 1. The van der Waals surface area contributed by atoms with E-state index in [0.717, 1.165) is 49.1 Å². The summed E-state index contributed by atoms with van der Waals surface area (Å²) in [5, 5.41) is 19.0. The summed E-state index contributed by atoms with van der Waals surface area (Å²) < 4.78 is 29.9. The Morgan fingerprint density at radius 2 is 1.21 bits per heavy atom. The number of pyridine rings is 4. The number of aryl methyl sites for hydroxylation is 3. The first kappa shape index (κ1) is 61.4. The minimum atomic E-state index is -0.508. The van der Waals surface area contributed by atoms with Crippen molar-refractivity contribution in [2.75, 3.05) is 19.5 Å². The Morgan fingerprint density at radius 3 is 1.75 bits per heavy atom. The summed E-state index contributed by atoms with van der Waals surface area (Å²) in [5.74, 6) is -0.334. The number of nitrogens with one attached hydrogen (secondary N) is 1. The second kappa shape index (κ2) is 26.4. The van der Waals surface area contributed by atoms with Gasteiger partial charge in [0.15, 0.2) is 0 Å². The number of hydrogen-bond donors (Lipinski definition) is 1. The molecule has 80 heavy (non-hydrogen) atoms. The van der Waals surface area contributed by atoms with Crippen LogP contribution in [0.15, 0.2) is 97.0 Å². The third-order valence-electron chi connectivity index (χ3n) is 13.2. The fourth-order valence-electron chi connectivity index (χ4n) is 7.59. The Balaban J connectivity index is 0.000000186. The van der Waals surface area contributed by atoms with Gasteiger partial charge in [-0.3, -0.25) is 14.5 Å². The van der Waals surface area contributed by atoms with Gasteiger partial charge in [-0.25, -0.2) is 39.2 Å². The number of tetrazole rings is 1. The molecular weight excluding hydrogens is 1090 g/mol. The Bertz CT molecular complexity index is 3400. The van der Waals surface area contributed by atoms with Gasteiger partial charge in [0, 0.05) is 66.4 Å².